The van der Waals surface area contributed by atoms with Gasteiger partial charge in [0, 0.05) is 0 Å². The number of aryl methyl sites for hydroxylation is 2. The molecule has 2 N–H and O–H groups in total. The first-order valence-electron chi connectivity index (χ1n) is 22.7. The number of hydrogen-bond donors (Lipinski definition) is 2. The average Bonchev–Trinajstić information content (AvgIpc) is 3.70. The molecule has 0 saturated heterocycles. The maximum absolute atomic E-state index is 10.2. The highest BCUT2D eigenvalue weighted by Gasteiger charge is 2.61. The topological polar surface area (TPSA) is 40.5 Å². The molecule has 0 heterocycles. The monoisotopic (exact) mass is 729 g/mol. The lowest BCUT2D eigenvalue weighted by molar-refractivity contribution is -0.122. The molecule has 2 aromatic rings. The Kier molecular flexibility index (Phi) is 9.53. The Morgan fingerprint density at radius 2 is 1.19 bits per heavy atom. The second-order valence-corrected chi connectivity index (χ2v) is 21.5. The Balaban J connectivity index is 0.000000142. The van der Waals surface area contributed by atoms with Gasteiger partial charge in [0.15, 0.2) is 0 Å². The summed E-state index contributed by atoms with van der Waals surface area (Å²) in [6.07, 6.45) is 25.1. The third kappa shape index (κ3) is 5.91. The number of aliphatic hydroxyl groups is 2. The van der Waals surface area contributed by atoms with Crippen molar-refractivity contribution >= 4 is 5.57 Å². The highest BCUT2D eigenvalue weighted by atomic mass is 16.3. The van der Waals surface area contributed by atoms with Crippen molar-refractivity contribution in [3.05, 3.63) is 88.5 Å². The second kappa shape index (κ2) is 13.7. The van der Waals surface area contributed by atoms with E-state index in [4.69, 9.17) is 0 Å². The van der Waals surface area contributed by atoms with Gasteiger partial charge in [-0.2, -0.15) is 0 Å². The van der Waals surface area contributed by atoms with Crippen molar-refractivity contribution in [2.24, 2.45) is 63.1 Å². The molecule has 6 saturated carbocycles. The van der Waals surface area contributed by atoms with Crippen LogP contribution in [0.15, 0.2) is 66.3 Å². The number of hydrogen-bond acceptors (Lipinski definition) is 2. The van der Waals surface area contributed by atoms with Crippen molar-refractivity contribution in [2.45, 2.75) is 162 Å². The van der Waals surface area contributed by atoms with Crippen LogP contribution in [0.4, 0.5) is 0 Å². The number of aliphatic hydroxyl groups excluding tert-OH is 2. The molecule has 0 amide bonds. The fourth-order valence-corrected chi connectivity index (χ4v) is 16.0. The van der Waals surface area contributed by atoms with Gasteiger partial charge in [0.05, 0.1) is 12.2 Å². The number of fused-ring (bicyclic) bond motifs is 10. The quantitative estimate of drug-likeness (QED) is 0.302. The molecule has 2 aromatic carbocycles. The van der Waals surface area contributed by atoms with E-state index in [1.54, 1.807) is 16.7 Å². The van der Waals surface area contributed by atoms with Crippen LogP contribution in [-0.2, 0) is 0 Å². The van der Waals surface area contributed by atoms with Crippen LogP contribution in [-0.4, -0.2) is 22.4 Å². The Morgan fingerprint density at radius 3 is 1.94 bits per heavy atom. The summed E-state index contributed by atoms with van der Waals surface area (Å²) in [6, 6.07) is 18.7. The van der Waals surface area contributed by atoms with E-state index in [-0.39, 0.29) is 12.2 Å². The van der Waals surface area contributed by atoms with E-state index in [2.05, 4.69) is 102 Å². The predicted molar refractivity (Wildman–Crippen MR) is 224 cm³/mol. The minimum atomic E-state index is -0.101. The lowest BCUT2D eigenvalue weighted by Crippen LogP contribution is -2.53. The molecule has 292 valence electrons. The first-order chi connectivity index (χ1) is 25.8. The lowest BCUT2D eigenvalue weighted by Gasteiger charge is -2.61. The molecule has 8 aliphatic carbocycles. The molecule has 2 heteroatoms. The van der Waals surface area contributed by atoms with Crippen molar-refractivity contribution in [2.75, 3.05) is 0 Å². The molecular formula is C52H72O2. The SMILES string of the molecule is Cc1ccc(C2=CC[C@H]3[C@@H]4CC=C5C[C@@H](O)CC[C@]5(C)[C@H]4CC[C@]23C)cc1.Cc1ccc([C@H]2CC[C@H]3[C@@H]4CCC5C[C@@H](O)CC[C@]5(C)[C@H]4CC[C@]23C)cc1. The van der Waals surface area contributed by atoms with E-state index in [9.17, 15) is 10.2 Å². The molecule has 0 bridgehead atoms. The zero-order valence-electron chi connectivity index (χ0n) is 34.8. The standard InChI is InChI=1S/C26H38O.C26H34O/c2*1-17-4-6-18(7-5-17)22-10-11-23-21-9-8-19-16-20(27)12-14-25(19,2)24(21)13-15-26(22,23)3/h4-7,19-24,27H,8-16H2,1-3H3;4-8,10,20-21,23-24,27H,9,11-16H2,1-3H3/t19?,20-,21-,22+,23-,24-,25-,26+;20-,21-,23-,24-,25-,26+/m00/s1. The third-order valence-corrected chi connectivity index (χ3v) is 19.1. The van der Waals surface area contributed by atoms with E-state index in [1.807, 2.05) is 0 Å². The molecule has 54 heavy (non-hydrogen) atoms. The molecule has 2 nitrogen and oxygen atoms in total. The van der Waals surface area contributed by atoms with Crippen LogP contribution in [0.3, 0.4) is 0 Å². The Labute approximate surface area is 328 Å². The molecule has 0 radical (unpaired) electrons. The first-order valence-corrected chi connectivity index (χ1v) is 22.7. The Morgan fingerprint density at radius 1 is 0.537 bits per heavy atom. The van der Waals surface area contributed by atoms with Crippen molar-refractivity contribution in [3.63, 3.8) is 0 Å². The van der Waals surface area contributed by atoms with Crippen LogP contribution in [0.2, 0.25) is 0 Å². The third-order valence-electron chi connectivity index (χ3n) is 19.1. The molecule has 1 unspecified atom stereocenters. The highest BCUT2D eigenvalue weighted by Crippen LogP contribution is 2.69. The Hall–Kier alpha value is -2.16. The van der Waals surface area contributed by atoms with Gasteiger partial charge in [-0.05, 0) is 202 Å². The summed E-state index contributed by atoms with van der Waals surface area (Å²) < 4.78 is 0. The van der Waals surface area contributed by atoms with E-state index in [0.29, 0.717) is 21.7 Å². The summed E-state index contributed by atoms with van der Waals surface area (Å²) >= 11 is 0. The van der Waals surface area contributed by atoms with Crippen LogP contribution in [0.1, 0.15) is 159 Å². The fraction of sp³-hybridized carbons (Fsp3) is 0.692. The van der Waals surface area contributed by atoms with E-state index >= 15 is 0 Å². The number of benzene rings is 2. The summed E-state index contributed by atoms with van der Waals surface area (Å²) in [5.41, 5.74) is 10.7. The average molecular weight is 729 g/mol. The first kappa shape index (κ1) is 37.4. The van der Waals surface area contributed by atoms with E-state index < -0.39 is 0 Å². The largest absolute Gasteiger partial charge is 0.393 e. The van der Waals surface area contributed by atoms with Crippen LogP contribution in [0, 0.1) is 76.9 Å². The Bertz CT molecular complexity index is 1750. The summed E-state index contributed by atoms with van der Waals surface area (Å²) in [5, 5.41) is 20.4. The molecule has 14 atom stereocenters. The van der Waals surface area contributed by atoms with Gasteiger partial charge in [0.1, 0.15) is 0 Å². The number of allylic oxidation sites excluding steroid dienone is 3. The van der Waals surface area contributed by atoms with Gasteiger partial charge >= 0.3 is 0 Å². The smallest absolute Gasteiger partial charge is 0.0577 e. The van der Waals surface area contributed by atoms with Crippen molar-refractivity contribution in [1.82, 2.24) is 0 Å². The van der Waals surface area contributed by atoms with Crippen LogP contribution in [0.5, 0.6) is 0 Å². The zero-order chi connectivity index (χ0) is 37.6. The molecule has 0 aromatic heterocycles. The predicted octanol–water partition coefficient (Wildman–Crippen LogP) is 12.8. The summed E-state index contributed by atoms with van der Waals surface area (Å²) in [6.45, 7) is 14.7. The van der Waals surface area contributed by atoms with Crippen LogP contribution >= 0.6 is 0 Å². The lowest BCUT2D eigenvalue weighted by atomic mass is 9.44. The maximum Gasteiger partial charge on any atom is 0.0577 e. The highest BCUT2D eigenvalue weighted by molar-refractivity contribution is 5.73. The van der Waals surface area contributed by atoms with E-state index in [1.165, 1.54) is 93.7 Å². The summed E-state index contributed by atoms with van der Waals surface area (Å²) in [4.78, 5) is 0. The minimum absolute atomic E-state index is 0.0223. The van der Waals surface area contributed by atoms with Gasteiger partial charge in [0.2, 0.25) is 0 Å². The van der Waals surface area contributed by atoms with Gasteiger partial charge in [0.25, 0.3) is 0 Å². The van der Waals surface area contributed by atoms with Crippen LogP contribution in [0.25, 0.3) is 5.57 Å². The molecule has 10 rings (SSSR count). The van der Waals surface area contributed by atoms with Crippen molar-refractivity contribution in [1.29, 1.82) is 0 Å². The van der Waals surface area contributed by atoms with Crippen molar-refractivity contribution < 1.29 is 10.2 Å². The summed E-state index contributed by atoms with van der Waals surface area (Å²) in [5.74, 6) is 6.74. The van der Waals surface area contributed by atoms with E-state index in [0.717, 1.165) is 73.0 Å². The molecule has 8 aliphatic rings. The second-order valence-electron chi connectivity index (χ2n) is 21.5. The molecule has 6 fully saturated rings. The van der Waals surface area contributed by atoms with Gasteiger partial charge < -0.3 is 10.2 Å². The zero-order valence-corrected chi connectivity index (χ0v) is 34.8. The van der Waals surface area contributed by atoms with Gasteiger partial charge in [-0.3, -0.25) is 0 Å². The minimum Gasteiger partial charge on any atom is -0.393 e. The van der Waals surface area contributed by atoms with Crippen LogP contribution < -0.4 is 0 Å². The van der Waals surface area contributed by atoms with Gasteiger partial charge in [-0.25, -0.2) is 0 Å². The van der Waals surface area contributed by atoms with Gasteiger partial charge in [-0.1, -0.05) is 105 Å². The molecule has 0 spiro atoms. The van der Waals surface area contributed by atoms with Gasteiger partial charge in [-0.15, -0.1) is 0 Å². The maximum atomic E-state index is 10.2. The van der Waals surface area contributed by atoms with Crippen molar-refractivity contribution in [3.8, 4) is 0 Å². The molecule has 0 aliphatic heterocycles. The summed E-state index contributed by atoms with van der Waals surface area (Å²) in [7, 11) is 0. The number of rotatable bonds is 2. The normalized spacial score (nSPS) is 46.2. The fourth-order valence-electron chi connectivity index (χ4n) is 16.0. The molecular weight excluding hydrogens is 657 g/mol.